The zero-order valence-corrected chi connectivity index (χ0v) is 16.4. The molecule has 28 heavy (non-hydrogen) atoms. The van der Waals surface area contributed by atoms with Crippen molar-refractivity contribution in [2.24, 2.45) is 0 Å². The molecule has 1 saturated heterocycles. The van der Waals surface area contributed by atoms with Gasteiger partial charge >= 0.3 is 6.09 Å². The molecule has 3 heterocycles. The number of likely N-dealkylation sites (tertiary alicyclic amines) is 1. The number of carbonyl (C=O) groups is 2. The highest BCUT2D eigenvalue weighted by Crippen LogP contribution is 2.26. The number of carbonyl (C=O) groups excluding carboxylic acids is 2. The summed E-state index contributed by atoms with van der Waals surface area (Å²) < 4.78 is 7.97. The summed E-state index contributed by atoms with van der Waals surface area (Å²) in [6.07, 6.45) is 5.08. The van der Waals surface area contributed by atoms with Gasteiger partial charge in [-0.1, -0.05) is 11.3 Å². The van der Waals surface area contributed by atoms with E-state index in [0.29, 0.717) is 25.3 Å². The lowest BCUT2D eigenvalue weighted by Crippen LogP contribution is -2.46. The normalized spacial score (nSPS) is 15.0. The molecule has 7 nitrogen and oxygen atoms in total. The van der Waals surface area contributed by atoms with E-state index in [4.69, 9.17) is 4.74 Å². The van der Waals surface area contributed by atoms with Gasteiger partial charge in [0.2, 0.25) is 0 Å². The number of fused-ring (bicyclic) bond motifs is 1. The van der Waals surface area contributed by atoms with Crippen LogP contribution in [0.4, 0.5) is 4.79 Å². The molecule has 2 aromatic heterocycles. The van der Waals surface area contributed by atoms with Crippen LogP contribution in [0, 0.1) is 0 Å². The second kappa shape index (κ2) is 8.02. The minimum atomic E-state index is -0.276. The molecule has 1 aliphatic heterocycles. The van der Waals surface area contributed by atoms with E-state index < -0.39 is 0 Å². The van der Waals surface area contributed by atoms with Gasteiger partial charge in [0.15, 0.2) is 5.13 Å². The maximum atomic E-state index is 12.7. The second-order valence-corrected chi connectivity index (χ2v) is 7.71. The Morgan fingerprint density at radius 2 is 2.00 bits per heavy atom. The Labute approximate surface area is 166 Å². The van der Waals surface area contributed by atoms with Crippen LogP contribution in [0.1, 0.15) is 30.1 Å². The fourth-order valence-electron chi connectivity index (χ4n) is 3.32. The summed E-state index contributed by atoms with van der Waals surface area (Å²) in [4.78, 5) is 30.7. The average Bonchev–Trinajstić information content (AvgIpc) is 3.37. The topological polar surface area (TPSA) is 76.5 Å². The van der Waals surface area contributed by atoms with E-state index in [-0.39, 0.29) is 18.0 Å². The van der Waals surface area contributed by atoms with Crippen LogP contribution in [0.2, 0.25) is 0 Å². The molecule has 1 fully saturated rings. The van der Waals surface area contributed by atoms with Crippen molar-refractivity contribution >= 4 is 33.6 Å². The molecule has 0 spiro atoms. The fraction of sp³-hybridized carbons (Fsp3) is 0.350. The molecule has 8 heteroatoms. The van der Waals surface area contributed by atoms with Crippen molar-refractivity contribution in [2.75, 3.05) is 19.7 Å². The van der Waals surface area contributed by atoms with Crippen LogP contribution < -0.4 is 5.32 Å². The third-order valence-electron chi connectivity index (χ3n) is 4.82. The second-order valence-electron chi connectivity index (χ2n) is 6.70. The van der Waals surface area contributed by atoms with Crippen LogP contribution in [0.15, 0.2) is 42.7 Å². The first-order valence-corrected chi connectivity index (χ1v) is 10.2. The van der Waals surface area contributed by atoms with E-state index in [0.717, 1.165) is 28.2 Å². The zero-order valence-electron chi connectivity index (χ0n) is 15.6. The lowest BCUT2D eigenvalue weighted by Gasteiger charge is -2.31. The number of hydrogen-bond acceptors (Lipinski definition) is 5. The molecule has 1 aliphatic rings. The summed E-state index contributed by atoms with van der Waals surface area (Å²) in [7, 11) is 0. The van der Waals surface area contributed by atoms with E-state index in [2.05, 4.69) is 10.3 Å². The number of ether oxygens (including phenoxy) is 1. The van der Waals surface area contributed by atoms with Crippen molar-refractivity contribution in [3.8, 4) is 5.13 Å². The predicted molar refractivity (Wildman–Crippen MR) is 108 cm³/mol. The van der Waals surface area contributed by atoms with Gasteiger partial charge in [-0.2, -0.15) is 0 Å². The number of rotatable bonds is 4. The van der Waals surface area contributed by atoms with Crippen LogP contribution in [0.5, 0.6) is 0 Å². The Balaban J connectivity index is 1.40. The van der Waals surface area contributed by atoms with Crippen molar-refractivity contribution in [1.82, 2.24) is 19.8 Å². The molecule has 0 saturated carbocycles. The van der Waals surface area contributed by atoms with Crippen molar-refractivity contribution in [1.29, 1.82) is 0 Å². The van der Waals surface area contributed by atoms with Crippen LogP contribution >= 0.6 is 11.3 Å². The van der Waals surface area contributed by atoms with Crippen molar-refractivity contribution in [3.05, 3.63) is 48.3 Å². The summed E-state index contributed by atoms with van der Waals surface area (Å²) in [5.74, 6) is -0.0904. The predicted octanol–water partition coefficient (Wildman–Crippen LogP) is 3.44. The lowest BCUT2D eigenvalue weighted by atomic mass is 10.0. The molecule has 1 aromatic carbocycles. The van der Waals surface area contributed by atoms with Gasteiger partial charge < -0.3 is 19.5 Å². The Morgan fingerprint density at radius 3 is 2.71 bits per heavy atom. The van der Waals surface area contributed by atoms with Gasteiger partial charge in [-0.05, 0) is 50.1 Å². The van der Waals surface area contributed by atoms with Crippen LogP contribution in [-0.4, -0.2) is 52.2 Å². The molecule has 4 rings (SSSR count). The fourth-order valence-corrected chi connectivity index (χ4v) is 4.29. The minimum Gasteiger partial charge on any atom is -0.450 e. The van der Waals surface area contributed by atoms with Crippen LogP contribution in [0.3, 0.4) is 0 Å². The van der Waals surface area contributed by atoms with Gasteiger partial charge in [0.25, 0.3) is 5.91 Å². The monoisotopic (exact) mass is 398 g/mol. The van der Waals surface area contributed by atoms with Crippen LogP contribution in [-0.2, 0) is 4.74 Å². The minimum absolute atomic E-state index is 0.0609. The van der Waals surface area contributed by atoms with E-state index in [1.54, 1.807) is 23.2 Å². The van der Waals surface area contributed by atoms with Crippen molar-refractivity contribution in [2.45, 2.75) is 25.8 Å². The van der Waals surface area contributed by atoms with E-state index in [1.165, 1.54) is 0 Å². The zero-order chi connectivity index (χ0) is 19.5. The highest BCUT2D eigenvalue weighted by molar-refractivity contribution is 7.20. The Morgan fingerprint density at radius 1 is 1.25 bits per heavy atom. The molecular weight excluding hydrogens is 376 g/mol. The van der Waals surface area contributed by atoms with Crippen molar-refractivity contribution in [3.63, 3.8) is 0 Å². The molecule has 0 radical (unpaired) electrons. The quantitative estimate of drug-likeness (QED) is 0.730. The largest absolute Gasteiger partial charge is 0.450 e. The smallest absolute Gasteiger partial charge is 0.409 e. The van der Waals surface area contributed by atoms with Gasteiger partial charge in [-0.15, -0.1) is 0 Å². The molecule has 3 aromatic rings. The van der Waals surface area contributed by atoms with E-state index >= 15 is 0 Å². The maximum absolute atomic E-state index is 12.7. The Kier molecular flexibility index (Phi) is 5.29. The van der Waals surface area contributed by atoms with Gasteiger partial charge in [-0.3, -0.25) is 4.79 Å². The third-order valence-corrected chi connectivity index (χ3v) is 5.85. The average molecular weight is 398 g/mol. The third kappa shape index (κ3) is 3.87. The molecular formula is C20H22N4O3S. The SMILES string of the molecule is CCOC(=O)N1CCC(NC(=O)c2ccc3nc(-n4cccc4)sc3c2)CC1. The molecule has 0 bridgehead atoms. The van der Waals surface area contributed by atoms with Gasteiger partial charge in [0, 0.05) is 37.1 Å². The summed E-state index contributed by atoms with van der Waals surface area (Å²) in [5.41, 5.74) is 1.51. The number of benzene rings is 1. The van der Waals surface area contributed by atoms with E-state index in [1.807, 2.05) is 47.3 Å². The highest BCUT2D eigenvalue weighted by atomic mass is 32.1. The number of amides is 2. The summed E-state index contributed by atoms with van der Waals surface area (Å²) in [6.45, 7) is 3.36. The molecule has 0 unspecified atom stereocenters. The standard InChI is InChI=1S/C20H22N4O3S/c1-2-27-20(26)24-11-7-15(8-12-24)21-18(25)14-5-6-16-17(13-14)28-19(22-16)23-9-3-4-10-23/h3-6,9-10,13,15H,2,7-8,11-12H2,1H3,(H,21,25). The summed E-state index contributed by atoms with van der Waals surface area (Å²) >= 11 is 1.55. The molecule has 1 N–H and O–H groups in total. The number of aromatic nitrogens is 2. The molecule has 0 atom stereocenters. The van der Waals surface area contributed by atoms with Gasteiger partial charge in [0.1, 0.15) is 0 Å². The van der Waals surface area contributed by atoms with Crippen molar-refractivity contribution < 1.29 is 14.3 Å². The number of nitrogens with one attached hydrogen (secondary N) is 1. The first-order valence-electron chi connectivity index (χ1n) is 9.40. The first kappa shape index (κ1) is 18.5. The number of hydrogen-bond donors (Lipinski definition) is 1. The number of nitrogens with zero attached hydrogens (tertiary/aromatic N) is 3. The lowest BCUT2D eigenvalue weighted by molar-refractivity contribution is 0.0860. The number of piperidine rings is 1. The highest BCUT2D eigenvalue weighted by Gasteiger charge is 2.25. The van der Waals surface area contributed by atoms with E-state index in [9.17, 15) is 9.59 Å². The first-order chi connectivity index (χ1) is 13.6. The summed E-state index contributed by atoms with van der Waals surface area (Å²) in [5, 5.41) is 3.97. The maximum Gasteiger partial charge on any atom is 0.409 e. The summed E-state index contributed by atoms with van der Waals surface area (Å²) in [6, 6.07) is 9.56. The Bertz CT molecular complexity index is 975. The molecule has 2 amide bonds. The van der Waals surface area contributed by atoms with Gasteiger partial charge in [-0.25, -0.2) is 9.78 Å². The molecule has 146 valence electrons. The van der Waals surface area contributed by atoms with Crippen LogP contribution in [0.25, 0.3) is 15.3 Å². The Hall–Kier alpha value is -2.87. The number of thiazole rings is 1. The molecule has 0 aliphatic carbocycles. The van der Waals surface area contributed by atoms with Gasteiger partial charge in [0.05, 0.1) is 16.8 Å².